The summed E-state index contributed by atoms with van der Waals surface area (Å²) in [6.45, 7) is 2.14. The Morgan fingerprint density at radius 3 is 2.05 bits per heavy atom. The normalized spacial score (nSPS) is 24.6. The second kappa shape index (κ2) is 6.95. The van der Waals surface area contributed by atoms with E-state index in [9.17, 15) is 5.11 Å². The van der Waals surface area contributed by atoms with Gasteiger partial charge in [0, 0.05) is 12.1 Å². The van der Waals surface area contributed by atoms with Crippen molar-refractivity contribution in [3.63, 3.8) is 0 Å². The number of hydrogen-bond acceptors (Lipinski definition) is 3. The molecule has 3 nitrogen and oxygen atoms in total. The molecule has 0 aromatic heterocycles. The van der Waals surface area contributed by atoms with Crippen LogP contribution in [0.2, 0.25) is 0 Å². The van der Waals surface area contributed by atoms with Gasteiger partial charge in [-0.2, -0.15) is 0 Å². The van der Waals surface area contributed by atoms with Crippen molar-refractivity contribution in [1.29, 1.82) is 0 Å². The molecule has 0 bridgehead atoms. The zero-order valence-electron chi connectivity index (χ0n) is 13.4. The predicted octanol–water partition coefficient (Wildman–Crippen LogP) is 3.32. The quantitative estimate of drug-likeness (QED) is 0.903. The van der Waals surface area contributed by atoms with Crippen molar-refractivity contribution in [2.24, 2.45) is 4.99 Å². The summed E-state index contributed by atoms with van der Waals surface area (Å²) in [5.41, 5.74) is 1.40. The van der Waals surface area contributed by atoms with Crippen molar-refractivity contribution in [1.82, 2.24) is 0 Å². The molecule has 1 aromatic rings. The molecule has 1 aromatic carbocycles. The molecular weight excluding hydrogens is 260 g/mol. The highest BCUT2D eigenvalue weighted by Gasteiger charge is 2.32. The lowest BCUT2D eigenvalue weighted by Gasteiger charge is -2.41. The van der Waals surface area contributed by atoms with Gasteiger partial charge in [-0.25, -0.2) is 0 Å². The molecule has 3 rings (SSSR count). The first-order chi connectivity index (χ1) is 10.3. The van der Waals surface area contributed by atoms with Crippen LogP contribution in [0, 0.1) is 0 Å². The largest absolute Gasteiger partial charge is 0.394 e. The van der Waals surface area contributed by atoms with Crippen molar-refractivity contribution in [2.75, 3.05) is 11.5 Å². The number of rotatable bonds is 5. The smallest absolute Gasteiger partial charge is 0.0834 e. The Hall–Kier alpha value is -0.830. The van der Waals surface area contributed by atoms with Crippen LogP contribution in [0.3, 0.4) is 0 Å². The van der Waals surface area contributed by atoms with Crippen LogP contribution in [-0.2, 0) is 0 Å². The van der Waals surface area contributed by atoms with Gasteiger partial charge in [0.2, 0.25) is 0 Å². The summed E-state index contributed by atoms with van der Waals surface area (Å²) in [5, 5.41) is 10.3. The standard InChI is InChI=1S/C18H30N2O/c1-14(13-21)19-17-12-18(17)20(15-8-4-2-5-9-15)16-10-6-3-7-11-16/h12,14-16,21H,2-11,13H2,1H3/b19-17+/t14-/m0/s1. The maximum Gasteiger partial charge on any atom is 0.0834 e. The van der Waals surface area contributed by atoms with Gasteiger partial charge in [-0.3, -0.25) is 4.99 Å². The van der Waals surface area contributed by atoms with Gasteiger partial charge in [0.25, 0.3) is 0 Å². The fraction of sp³-hybridized carbons (Fsp3) is 0.833. The Balaban J connectivity index is 1.76. The minimum atomic E-state index is 0.0355. The summed E-state index contributed by atoms with van der Waals surface area (Å²) in [7, 11) is 0. The zero-order chi connectivity index (χ0) is 14.7. The number of anilines is 1. The van der Waals surface area contributed by atoms with E-state index in [0.717, 1.165) is 17.4 Å². The lowest BCUT2D eigenvalue weighted by atomic mass is 9.89. The van der Waals surface area contributed by atoms with E-state index in [1.54, 1.807) is 0 Å². The molecule has 1 atom stereocenters. The summed E-state index contributed by atoms with van der Waals surface area (Å²) >= 11 is 0. The van der Waals surface area contributed by atoms with E-state index in [2.05, 4.69) is 16.0 Å². The molecule has 2 aliphatic carbocycles. The molecule has 0 spiro atoms. The van der Waals surface area contributed by atoms with Crippen LogP contribution in [-0.4, -0.2) is 29.8 Å². The topological polar surface area (TPSA) is 35.8 Å². The lowest BCUT2D eigenvalue weighted by Crippen LogP contribution is -2.45. The third kappa shape index (κ3) is 3.68. The van der Waals surface area contributed by atoms with Crippen molar-refractivity contribution in [3.05, 3.63) is 11.4 Å². The summed E-state index contributed by atoms with van der Waals surface area (Å²) in [6.07, 6.45) is 13.8. The van der Waals surface area contributed by atoms with Crippen LogP contribution in [0.25, 0.3) is 0 Å². The van der Waals surface area contributed by atoms with Gasteiger partial charge in [0.05, 0.1) is 23.7 Å². The average Bonchev–Trinajstić information content (AvgIpc) is 3.28. The molecule has 3 heteroatoms. The Morgan fingerprint density at radius 2 is 1.57 bits per heavy atom. The molecule has 118 valence electrons. The van der Waals surface area contributed by atoms with E-state index >= 15 is 0 Å². The molecule has 2 saturated carbocycles. The summed E-state index contributed by atoms with van der Waals surface area (Å²) in [6, 6.07) is 3.76. The molecular formula is C18H30N2O. The molecule has 0 heterocycles. The number of aliphatic hydroxyl groups is 1. The summed E-state index contributed by atoms with van der Waals surface area (Å²) in [5.74, 6) is 0. The van der Waals surface area contributed by atoms with Gasteiger partial charge in [-0.1, -0.05) is 38.5 Å². The van der Waals surface area contributed by atoms with Gasteiger partial charge < -0.3 is 10.0 Å². The molecule has 0 saturated heterocycles. The molecule has 21 heavy (non-hydrogen) atoms. The van der Waals surface area contributed by atoms with Crippen molar-refractivity contribution in [3.8, 4) is 0 Å². The minimum Gasteiger partial charge on any atom is -0.394 e. The highest BCUT2D eigenvalue weighted by atomic mass is 16.3. The first-order valence-electron chi connectivity index (χ1n) is 8.98. The second-order valence-electron chi connectivity index (χ2n) is 7.07. The monoisotopic (exact) mass is 290 g/mol. The molecule has 0 aliphatic heterocycles. The summed E-state index contributed by atoms with van der Waals surface area (Å²) < 4.78 is 0. The highest BCUT2D eigenvalue weighted by Crippen LogP contribution is 2.34. The van der Waals surface area contributed by atoms with Gasteiger partial charge in [-0.05, 0) is 38.7 Å². The first-order valence-corrected chi connectivity index (χ1v) is 8.98. The van der Waals surface area contributed by atoms with E-state index in [0.29, 0.717) is 0 Å². The van der Waals surface area contributed by atoms with E-state index in [-0.39, 0.29) is 12.6 Å². The Bertz CT molecular complexity index is 431. The number of nitrogens with zero attached hydrogens (tertiary/aromatic N) is 2. The van der Waals surface area contributed by atoms with Crippen molar-refractivity contribution in [2.45, 2.75) is 89.3 Å². The maximum absolute atomic E-state index is 9.19. The molecule has 2 aliphatic rings. The van der Waals surface area contributed by atoms with Crippen LogP contribution < -0.4 is 10.3 Å². The predicted molar refractivity (Wildman–Crippen MR) is 87.1 cm³/mol. The SMILES string of the molecule is C[C@@H](CO)/N=c1\cc1N(C1CCCCC1)C1CCCCC1. The average molecular weight is 290 g/mol. The van der Waals surface area contributed by atoms with Crippen LogP contribution in [0.4, 0.5) is 5.69 Å². The van der Waals surface area contributed by atoms with Crippen LogP contribution in [0.1, 0.15) is 71.1 Å². The lowest BCUT2D eigenvalue weighted by molar-refractivity contribution is 0.273. The Labute approximate surface area is 128 Å². The number of aliphatic hydroxyl groups excluding tert-OH is 1. The van der Waals surface area contributed by atoms with Gasteiger partial charge in [-0.15, -0.1) is 0 Å². The fourth-order valence-electron chi connectivity index (χ4n) is 4.09. The van der Waals surface area contributed by atoms with Crippen LogP contribution in [0.15, 0.2) is 11.1 Å². The third-order valence-corrected chi connectivity index (χ3v) is 5.29. The van der Waals surface area contributed by atoms with Crippen molar-refractivity contribution >= 4 is 5.69 Å². The van der Waals surface area contributed by atoms with Gasteiger partial charge >= 0.3 is 0 Å². The van der Waals surface area contributed by atoms with E-state index in [4.69, 9.17) is 0 Å². The Morgan fingerprint density at radius 1 is 1.05 bits per heavy atom. The second-order valence-corrected chi connectivity index (χ2v) is 7.07. The van der Waals surface area contributed by atoms with Crippen LogP contribution in [0.5, 0.6) is 0 Å². The highest BCUT2D eigenvalue weighted by molar-refractivity contribution is 5.57. The Kier molecular flexibility index (Phi) is 4.99. The molecule has 0 amide bonds. The molecule has 0 unspecified atom stereocenters. The fourth-order valence-corrected chi connectivity index (χ4v) is 4.09. The molecule has 0 radical (unpaired) electrons. The first kappa shape index (κ1) is 15.1. The third-order valence-electron chi connectivity index (χ3n) is 5.29. The van der Waals surface area contributed by atoms with E-state index < -0.39 is 0 Å². The zero-order valence-corrected chi connectivity index (χ0v) is 13.4. The molecule has 2 fully saturated rings. The molecule has 1 N–H and O–H groups in total. The number of hydrogen-bond donors (Lipinski definition) is 1. The van der Waals surface area contributed by atoms with E-state index in [1.165, 1.54) is 69.9 Å². The minimum absolute atomic E-state index is 0.0355. The van der Waals surface area contributed by atoms with E-state index in [1.807, 2.05) is 6.92 Å². The van der Waals surface area contributed by atoms with Gasteiger partial charge in [0.15, 0.2) is 0 Å². The maximum atomic E-state index is 9.19. The van der Waals surface area contributed by atoms with Crippen LogP contribution >= 0.6 is 0 Å². The summed E-state index contributed by atoms with van der Waals surface area (Å²) in [4.78, 5) is 7.37. The van der Waals surface area contributed by atoms with Gasteiger partial charge in [0.1, 0.15) is 0 Å². The van der Waals surface area contributed by atoms with Crippen molar-refractivity contribution < 1.29 is 5.11 Å².